The van der Waals surface area contributed by atoms with Gasteiger partial charge in [-0.05, 0) is 5.56 Å². The fraction of sp³-hybridized carbons (Fsp3) is 0.231. The van der Waals surface area contributed by atoms with Crippen LogP contribution in [0.3, 0.4) is 0 Å². The Balaban J connectivity index is 3.16. The van der Waals surface area contributed by atoms with Gasteiger partial charge < -0.3 is 16.2 Å². The molecule has 1 rings (SSSR count). The van der Waals surface area contributed by atoms with E-state index in [4.69, 9.17) is 16.2 Å². The van der Waals surface area contributed by atoms with Crippen LogP contribution in [0.2, 0.25) is 0 Å². The SMILES string of the molecule is C=CC[C@@](OCC(N)=O)(C(N)=O)c1ccccc1. The van der Waals surface area contributed by atoms with Crippen LogP contribution in [0.4, 0.5) is 0 Å². The van der Waals surface area contributed by atoms with Gasteiger partial charge in [-0.15, -0.1) is 6.58 Å². The fourth-order valence-corrected chi connectivity index (χ4v) is 1.68. The molecule has 1 aromatic carbocycles. The molecule has 96 valence electrons. The minimum Gasteiger partial charge on any atom is -0.368 e. The van der Waals surface area contributed by atoms with Gasteiger partial charge in [-0.1, -0.05) is 36.4 Å². The van der Waals surface area contributed by atoms with Gasteiger partial charge in [0.2, 0.25) is 5.91 Å². The molecule has 0 aliphatic heterocycles. The predicted octanol–water partition coefficient (Wildman–Crippen LogP) is 0.445. The molecular weight excluding hydrogens is 232 g/mol. The lowest BCUT2D eigenvalue weighted by atomic mass is 9.89. The Morgan fingerprint density at radius 1 is 1.28 bits per heavy atom. The van der Waals surface area contributed by atoms with Crippen molar-refractivity contribution in [2.75, 3.05) is 6.61 Å². The Morgan fingerprint density at radius 3 is 2.33 bits per heavy atom. The Hall–Kier alpha value is -2.14. The van der Waals surface area contributed by atoms with Gasteiger partial charge in [0.1, 0.15) is 6.61 Å². The Morgan fingerprint density at radius 2 is 1.89 bits per heavy atom. The molecule has 0 aliphatic rings. The van der Waals surface area contributed by atoms with Crippen molar-refractivity contribution in [3.8, 4) is 0 Å². The van der Waals surface area contributed by atoms with Crippen LogP contribution >= 0.6 is 0 Å². The molecule has 0 saturated heterocycles. The number of carbonyl (C=O) groups is 2. The lowest BCUT2D eigenvalue weighted by Gasteiger charge is -2.29. The van der Waals surface area contributed by atoms with Crippen LogP contribution in [-0.4, -0.2) is 18.4 Å². The largest absolute Gasteiger partial charge is 0.368 e. The second-order valence-electron chi connectivity index (χ2n) is 3.81. The molecular formula is C13H16N2O3. The molecule has 4 N–H and O–H groups in total. The van der Waals surface area contributed by atoms with E-state index in [1.165, 1.54) is 6.08 Å². The third-order valence-electron chi connectivity index (χ3n) is 2.53. The fourth-order valence-electron chi connectivity index (χ4n) is 1.68. The van der Waals surface area contributed by atoms with E-state index in [0.29, 0.717) is 5.56 Å². The molecule has 18 heavy (non-hydrogen) atoms. The number of ether oxygens (including phenoxy) is 1. The summed E-state index contributed by atoms with van der Waals surface area (Å²) < 4.78 is 5.36. The van der Waals surface area contributed by atoms with E-state index in [9.17, 15) is 9.59 Å². The van der Waals surface area contributed by atoms with Crippen LogP contribution in [0.25, 0.3) is 0 Å². The molecule has 0 aliphatic carbocycles. The van der Waals surface area contributed by atoms with Crippen LogP contribution in [0.1, 0.15) is 12.0 Å². The second-order valence-corrected chi connectivity index (χ2v) is 3.81. The molecule has 0 radical (unpaired) electrons. The maximum atomic E-state index is 11.7. The highest BCUT2D eigenvalue weighted by Gasteiger charge is 2.38. The summed E-state index contributed by atoms with van der Waals surface area (Å²) in [4.78, 5) is 22.5. The van der Waals surface area contributed by atoms with Gasteiger partial charge in [0, 0.05) is 6.42 Å². The molecule has 1 aromatic rings. The standard InChI is InChI=1S/C13H16N2O3/c1-2-8-13(12(15)17,18-9-11(14)16)10-6-4-3-5-7-10/h2-7H,1,8-9H2,(H2,14,16)(H2,15,17)/t13-/m0/s1. The normalized spacial score (nSPS) is 13.6. The van der Waals surface area contributed by atoms with Crippen molar-refractivity contribution >= 4 is 11.8 Å². The minimum atomic E-state index is -1.40. The van der Waals surface area contributed by atoms with Crippen LogP contribution in [0.5, 0.6) is 0 Å². The first-order valence-corrected chi connectivity index (χ1v) is 5.41. The van der Waals surface area contributed by atoms with E-state index >= 15 is 0 Å². The molecule has 0 saturated carbocycles. The number of primary amides is 2. The molecule has 0 heterocycles. The van der Waals surface area contributed by atoms with Crippen LogP contribution < -0.4 is 11.5 Å². The van der Waals surface area contributed by atoms with Crippen LogP contribution in [0.15, 0.2) is 43.0 Å². The Bertz CT molecular complexity index is 445. The third kappa shape index (κ3) is 2.95. The van der Waals surface area contributed by atoms with Gasteiger partial charge >= 0.3 is 0 Å². The molecule has 0 unspecified atom stereocenters. The average molecular weight is 248 g/mol. The molecule has 1 atom stereocenters. The maximum absolute atomic E-state index is 11.7. The van der Waals surface area contributed by atoms with Crippen molar-refractivity contribution < 1.29 is 14.3 Å². The molecule has 5 heteroatoms. The number of hydrogen-bond acceptors (Lipinski definition) is 3. The zero-order valence-electron chi connectivity index (χ0n) is 9.96. The quantitative estimate of drug-likeness (QED) is 0.685. The summed E-state index contributed by atoms with van der Waals surface area (Å²) in [6, 6.07) is 8.72. The number of benzene rings is 1. The zero-order chi connectivity index (χ0) is 13.6. The monoisotopic (exact) mass is 248 g/mol. The highest BCUT2D eigenvalue weighted by Crippen LogP contribution is 2.29. The highest BCUT2D eigenvalue weighted by atomic mass is 16.5. The highest BCUT2D eigenvalue weighted by molar-refractivity contribution is 5.86. The van der Waals surface area contributed by atoms with Gasteiger partial charge in [0.05, 0.1) is 0 Å². The number of nitrogens with two attached hydrogens (primary N) is 2. The summed E-state index contributed by atoms with van der Waals surface area (Å²) in [5, 5.41) is 0. The van der Waals surface area contributed by atoms with Crippen molar-refractivity contribution in [3.63, 3.8) is 0 Å². The summed E-state index contributed by atoms with van der Waals surface area (Å²) in [5.41, 5.74) is 9.61. The summed E-state index contributed by atoms with van der Waals surface area (Å²) >= 11 is 0. The van der Waals surface area contributed by atoms with Crippen molar-refractivity contribution in [1.29, 1.82) is 0 Å². The zero-order valence-corrected chi connectivity index (χ0v) is 9.96. The molecule has 2 amide bonds. The van der Waals surface area contributed by atoms with E-state index in [0.717, 1.165) is 0 Å². The number of hydrogen-bond donors (Lipinski definition) is 2. The summed E-state index contributed by atoms with van der Waals surface area (Å²) in [6.07, 6.45) is 1.68. The van der Waals surface area contributed by atoms with Crippen molar-refractivity contribution in [2.24, 2.45) is 11.5 Å². The number of rotatable bonds is 7. The summed E-state index contributed by atoms with van der Waals surface area (Å²) in [5.74, 6) is -1.35. The Kier molecular flexibility index (Phi) is 4.62. The lowest BCUT2D eigenvalue weighted by molar-refractivity contribution is -0.149. The van der Waals surface area contributed by atoms with E-state index in [-0.39, 0.29) is 13.0 Å². The summed E-state index contributed by atoms with van der Waals surface area (Å²) in [7, 11) is 0. The van der Waals surface area contributed by atoms with E-state index in [1.807, 2.05) is 0 Å². The van der Waals surface area contributed by atoms with Crippen LogP contribution in [0, 0.1) is 0 Å². The van der Waals surface area contributed by atoms with Crippen molar-refractivity contribution in [1.82, 2.24) is 0 Å². The number of amides is 2. The van der Waals surface area contributed by atoms with Crippen molar-refractivity contribution in [3.05, 3.63) is 48.6 Å². The van der Waals surface area contributed by atoms with Gasteiger partial charge in [-0.25, -0.2) is 0 Å². The Labute approximate surface area is 105 Å². The first-order chi connectivity index (χ1) is 8.53. The molecule has 5 nitrogen and oxygen atoms in total. The molecule has 0 bridgehead atoms. The van der Waals surface area contributed by atoms with Gasteiger partial charge in [-0.2, -0.15) is 0 Å². The predicted molar refractivity (Wildman–Crippen MR) is 67.3 cm³/mol. The molecule has 0 spiro atoms. The first kappa shape index (κ1) is 13.9. The lowest BCUT2D eigenvalue weighted by Crippen LogP contribution is -2.45. The molecule has 0 aromatic heterocycles. The number of carbonyl (C=O) groups excluding carboxylic acids is 2. The maximum Gasteiger partial charge on any atom is 0.254 e. The van der Waals surface area contributed by atoms with E-state index < -0.39 is 17.4 Å². The minimum absolute atomic E-state index is 0.166. The van der Waals surface area contributed by atoms with Gasteiger partial charge in [0.15, 0.2) is 5.60 Å². The van der Waals surface area contributed by atoms with Gasteiger partial charge in [0.25, 0.3) is 5.91 Å². The van der Waals surface area contributed by atoms with E-state index in [1.54, 1.807) is 30.3 Å². The topological polar surface area (TPSA) is 95.4 Å². The van der Waals surface area contributed by atoms with Gasteiger partial charge in [-0.3, -0.25) is 9.59 Å². The summed E-state index contributed by atoms with van der Waals surface area (Å²) in [6.45, 7) is 3.19. The van der Waals surface area contributed by atoms with Crippen LogP contribution in [-0.2, 0) is 19.9 Å². The second kappa shape index (κ2) is 5.97. The average Bonchev–Trinajstić information content (AvgIpc) is 2.35. The van der Waals surface area contributed by atoms with Crippen molar-refractivity contribution in [2.45, 2.75) is 12.0 Å². The third-order valence-corrected chi connectivity index (χ3v) is 2.53. The molecule has 0 fully saturated rings. The van der Waals surface area contributed by atoms with E-state index in [2.05, 4.69) is 6.58 Å². The smallest absolute Gasteiger partial charge is 0.254 e. The first-order valence-electron chi connectivity index (χ1n) is 5.41.